The first-order valence-corrected chi connectivity index (χ1v) is 5.70. The molecule has 2 aromatic carbocycles. The fourth-order valence-corrected chi connectivity index (χ4v) is 1.94. The summed E-state index contributed by atoms with van der Waals surface area (Å²) in [4.78, 5) is 0. The maximum atomic E-state index is 9.51. The zero-order valence-electron chi connectivity index (χ0n) is 9.58. The Balaban J connectivity index is 2.29. The molecule has 2 rings (SSSR count). The summed E-state index contributed by atoms with van der Waals surface area (Å²) < 4.78 is 0. The van der Waals surface area contributed by atoms with Gasteiger partial charge in [-0.25, -0.2) is 0 Å². The number of hydrogen-bond donors (Lipinski definition) is 2. The van der Waals surface area contributed by atoms with Crippen LogP contribution in [0, 0.1) is 0 Å². The van der Waals surface area contributed by atoms with Crippen LogP contribution in [0.15, 0.2) is 54.6 Å². The van der Waals surface area contributed by atoms with Gasteiger partial charge < -0.3 is 10.2 Å². The Kier molecular flexibility index (Phi) is 3.91. The van der Waals surface area contributed by atoms with Crippen molar-refractivity contribution >= 4 is 0 Å². The van der Waals surface area contributed by atoms with Crippen LogP contribution in [0.4, 0.5) is 0 Å². The van der Waals surface area contributed by atoms with Crippen molar-refractivity contribution in [1.82, 2.24) is 0 Å². The third kappa shape index (κ3) is 2.73. The highest BCUT2D eigenvalue weighted by Gasteiger charge is 2.12. The molecule has 1 unspecified atom stereocenters. The van der Waals surface area contributed by atoms with Crippen molar-refractivity contribution in [3.63, 3.8) is 0 Å². The zero-order valence-corrected chi connectivity index (χ0v) is 9.58. The second-order valence-electron chi connectivity index (χ2n) is 4.05. The smallest absolute Gasteiger partial charge is 0.0681 e. The third-order valence-corrected chi connectivity index (χ3v) is 2.95. The van der Waals surface area contributed by atoms with E-state index in [2.05, 4.69) is 0 Å². The maximum absolute atomic E-state index is 9.51. The monoisotopic (exact) mass is 228 g/mol. The lowest BCUT2D eigenvalue weighted by Gasteiger charge is -2.15. The highest BCUT2D eigenvalue weighted by Crippen LogP contribution is 2.24. The van der Waals surface area contributed by atoms with Crippen LogP contribution in [-0.2, 0) is 6.61 Å². The molecule has 0 aliphatic heterocycles. The molecule has 0 aliphatic carbocycles. The molecular weight excluding hydrogens is 212 g/mol. The Bertz CT molecular complexity index is 448. The predicted molar refractivity (Wildman–Crippen MR) is 67.7 cm³/mol. The molecule has 0 saturated carbocycles. The number of aliphatic hydroxyl groups is 2. The van der Waals surface area contributed by atoms with Crippen molar-refractivity contribution in [1.29, 1.82) is 0 Å². The van der Waals surface area contributed by atoms with Gasteiger partial charge in [0, 0.05) is 5.92 Å². The fourth-order valence-electron chi connectivity index (χ4n) is 1.94. The van der Waals surface area contributed by atoms with E-state index in [9.17, 15) is 5.11 Å². The number of hydrogen-bond acceptors (Lipinski definition) is 2. The second-order valence-corrected chi connectivity index (χ2v) is 4.05. The van der Waals surface area contributed by atoms with E-state index in [1.807, 2.05) is 54.6 Å². The Morgan fingerprint density at radius 1 is 0.765 bits per heavy atom. The maximum Gasteiger partial charge on any atom is 0.0681 e. The summed E-state index contributed by atoms with van der Waals surface area (Å²) in [6, 6.07) is 17.6. The van der Waals surface area contributed by atoms with Gasteiger partial charge in [0.2, 0.25) is 0 Å². The highest BCUT2D eigenvalue weighted by atomic mass is 16.3. The summed E-state index contributed by atoms with van der Waals surface area (Å²) in [5, 5.41) is 18.5. The lowest BCUT2D eigenvalue weighted by Crippen LogP contribution is -2.05. The molecule has 2 aromatic rings. The molecule has 0 bridgehead atoms. The Morgan fingerprint density at radius 2 is 1.35 bits per heavy atom. The van der Waals surface area contributed by atoms with E-state index in [4.69, 9.17) is 5.11 Å². The molecule has 0 heterocycles. The van der Waals surface area contributed by atoms with Crippen LogP contribution in [-0.4, -0.2) is 16.8 Å². The first kappa shape index (κ1) is 11.8. The van der Waals surface area contributed by atoms with Gasteiger partial charge in [-0.2, -0.15) is 0 Å². The minimum Gasteiger partial charge on any atom is -0.395 e. The summed E-state index contributed by atoms with van der Waals surface area (Å²) in [5.74, 6) is 0.00365. The molecule has 17 heavy (non-hydrogen) atoms. The second kappa shape index (κ2) is 5.62. The summed E-state index contributed by atoms with van der Waals surface area (Å²) in [6.07, 6.45) is 0. The molecule has 0 aliphatic rings. The van der Waals surface area contributed by atoms with E-state index in [1.165, 1.54) is 0 Å². The first-order chi connectivity index (χ1) is 8.35. The van der Waals surface area contributed by atoms with Crippen LogP contribution in [0.3, 0.4) is 0 Å². The number of rotatable bonds is 4. The molecule has 0 fully saturated rings. The van der Waals surface area contributed by atoms with Gasteiger partial charge in [0.1, 0.15) is 0 Å². The minimum absolute atomic E-state index is 0.00365. The van der Waals surface area contributed by atoms with Crippen LogP contribution in [0.2, 0.25) is 0 Å². The van der Waals surface area contributed by atoms with Crippen LogP contribution < -0.4 is 0 Å². The third-order valence-electron chi connectivity index (χ3n) is 2.95. The quantitative estimate of drug-likeness (QED) is 0.843. The van der Waals surface area contributed by atoms with E-state index < -0.39 is 0 Å². The molecule has 1 atom stereocenters. The van der Waals surface area contributed by atoms with Gasteiger partial charge in [-0.15, -0.1) is 0 Å². The molecule has 0 radical (unpaired) electrons. The Morgan fingerprint density at radius 3 is 1.88 bits per heavy atom. The number of aliphatic hydroxyl groups excluding tert-OH is 2. The highest BCUT2D eigenvalue weighted by molar-refractivity contribution is 5.34. The number of benzene rings is 2. The molecule has 2 N–H and O–H groups in total. The van der Waals surface area contributed by atoms with Crippen molar-refractivity contribution < 1.29 is 10.2 Å². The van der Waals surface area contributed by atoms with Crippen LogP contribution in [0.25, 0.3) is 0 Å². The molecule has 0 amide bonds. The van der Waals surface area contributed by atoms with E-state index in [0.717, 1.165) is 16.7 Å². The van der Waals surface area contributed by atoms with Crippen molar-refractivity contribution in [2.24, 2.45) is 0 Å². The molecule has 0 saturated heterocycles. The van der Waals surface area contributed by atoms with Gasteiger partial charge in [-0.05, 0) is 16.7 Å². The molecule has 2 heteroatoms. The lowest BCUT2D eigenvalue weighted by atomic mass is 9.91. The summed E-state index contributed by atoms with van der Waals surface area (Å²) in [5.41, 5.74) is 3.06. The average molecular weight is 228 g/mol. The van der Waals surface area contributed by atoms with E-state index >= 15 is 0 Å². The van der Waals surface area contributed by atoms with Gasteiger partial charge in [0.15, 0.2) is 0 Å². The largest absolute Gasteiger partial charge is 0.395 e. The normalized spacial score (nSPS) is 12.4. The van der Waals surface area contributed by atoms with Crippen LogP contribution in [0.5, 0.6) is 0 Å². The summed E-state index contributed by atoms with van der Waals surface area (Å²) in [7, 11) is 0. The summed E-state index contributed by atoms with van der Waals surface area (Å²) >= 11 is 0. The van der Waals surface area contributed by atoms with E-state index in [1.54, 1.807) is 0 Å². The lowest BCUT2D eigenvalue weighted by molar-refractivity contribution is 0.279. The minimum atomic E-state index is 0.00365. The molecule has 0 aromatic heterocycles. The van der Waals surface area contributed by atoms with Gasteiger partial charge in [-0.1, -0.05) is 54.6 Å². The Hall–Kier alpha value is -1.64. The molecule has 88 valence electrons. The topological polar surface area (TPSA) is 40.5 Å². The van der Waals surface area contributed by atoms with E-state index in [0.29, 0.717) is 0 Å². The zero-order chi connectivity index (χ0) is 12.1. The van der Waals surface area contributed by atoms with Crippen molar-refractivity contribution in [3.05, 3.63) is 71.3 Å². The predicted octanol–water partition coefficient (Wildman–Crippen LogP) is 2.30. The first-order valence-electron chi connectivity index (χ1n) is 5.70. The fraction of sp³-hybridized carbons (Fsp3) is 0.200. The van der Waals surface area contributed by atoms with E-state index in [-0.39, 0.29) is 19.1 Å². The summed E-state index contributed by atoms with van der Waals surface area (Å²) in [6.45, 7) is 0.137. The SMILES string of the molecule is OCc1ccc(C(CO)c2ccccc2)cc1. The van der Waals surface area contributed by atoms with Gasteiger partial charge >= 0.3 is 0 Å². The van der Waals surface area contributed by atoms with Gasteiger partial charge in [0.25, 0.3) is 0 Å². The Labute approximate surface area is 101 Å². The van der Waals surface area contributed by atoms with Crippen molar-refractivity contribution in [3.8, 4) is 0 Å². The molecule has 2 nitrogen and oxygen atoms in total. The van der Waals surface area contributed by atoms with Crippen LogP contribution in [0.1, 0.15) is 22.6 Å². The standard InChI is InChI=1S/C15H16O2/c16-10-12-6-8-14(9-7-12)15(11-17)13-4-2-1-3-5-13/h1-9,15-17H,10-11H2. The van der Waals surface area contributed by atoms with Crippen LogP contribution >= 0.6 is 0 Å². The molecular formula is C15H16O2. The van der Waals surface area contributed by atoms with Crippen molar-refractivity contribution in [2.45, 2.75) is 12.5 Å². The van der Waals surface area contributed by atoms with Gasteiger partial charge in [-0.3, -0.25) is 0 Å². The van der Waals surface area contributed by atoms with Crippen molar-refractivity contribution in [2.75, 3.05) is 6.61 Å². The molecule has 0 spiro atoms. The average Bonchev–Trinajstić information content (AvgIpc) is 2.42. The van der Waals surface area contributed by atoms with Gasteiger partial charge in [0.05, 0.1) is 13.2 Å².